The van der Waals surface area contributed by atoms with Gasteiger partial charge in [0.15, 0.2) is 0 Å². The summed E-state index contributed by atoms with van der Waals surface area (Å²) in [5.74, 6) is 0.389. The number of likely N-dealkylation sites (N-methyl/N-ethyl adjacent to an activating group) is 1. The summed E-state index contributed by atoms with van der Waals surface area (Å²) in [4.78, 5) is 44.7. The highest BCUT2D eigenvalue weighted by molar-refractivity contribution is 5.86. The van der Waals surface area contributed by atoms with Crippen molar-refractivity contribution in [3.05, 3.63) is 41.8 Å². The van der Waals surface area contributed by atoms with E-state index in [1.54, 1.807) is 25.8 Å². The molecule has 8 heteroatoms. The van der Waals surface area contributed by atoms with E-state index in [-0.39, 0.29) is 36.7 Å². The van der Waals surface area contributed by atoms with Gasteiger partial charge in [0.25, 0.3) is 0 Å². The number of amides is 2. The van der Waals surface area contributed by atoms with Gasteiger partial charge < -0.3 is 19.0 Å². The van der Waals surface area contributed by atoms with Crippen LogP contribution in [0.1, 0.15) is 31.2 Å². The van der Waals surface area contributed by atoms with Crippen LogP contribution in [0, 0.1) is 12.8 Å². The van der Waals surface area contributed by atoms with Crippen molar-refractivity contribution in [2.24, 2.45) is 5.92 Å². The Balaban J connectivity index is 1.51. The summed E-state index contributed by atoms with van der Waals surface area (Å²) in [6.07, 6.45) is 1.24. The number of likely N-dealkylation sites (tertiary alicyclic amines) is 1. The van der Waals surface area contributed by atoms with Crippen LogP contribution < -0.4 is 0 Å². The van der Waals surface area contributed by atoms with Crippen LogP contribution in [0.5, 0.6) is 0 Å². The second-order valence-corrected chi connectivity index (χ2v) is 7.72. The van der Waals surface area contributed by atoms with E-state index in [9.17, 15) is 14.4 Å². The van der Waals surface area contributed by atoms with Gasteiger partial charge in [0.2, 0.25) is 17.7 Å². The highest BCUT2D eigenvalue weighted by atomic mass is 16.5. The summed E-state index contributed by atoms with van der Waals surface area (Å²) in [5.41, 5.74) is 1.41. The van der Waals surface area contributed by atoms with Crippen molar-refractivity contribution in [3.63, 3.8) is 0 Å². The fourth-order valence-electron chi connectivity index (χ4n) is 3.59. The molecule has 0 unspecified atom stereocenters. The summed E-state index contributed by atoms with van der Waals surface area (Å²) >= 11 is 0. The Morgan fingerprint density at radius 2 is 1.87 bits per heavy atom. The van der Waals surface area contributed by atoms with Crippen LogP contribution in [0.25, 0.3) is 11.5 Å². The van der Waals surface area contributed by atoms with Crippen LogP contribution in [0.3, 0.4) is 0 Å². The second kappa shape index (κ2) is 10.2. The summed E-state index contributed by atoms with van der Waals surface area (Å²) in [5, 5.41) is 0. The van der Waals surface area contributed by atoms with Crippen LogP contribution in [0.2, 0.25) is 0 Å². The SMILES string of the molecule is CCOC(=O)C1CCN(C(=O)CN(C)C(=O)Cc2nc(-c3ccccc3)oc2C)CC1. The average Bonchev–Trinajstić information content (AvgIpc) is 3.14. The molecule has 0 N–H and O–H groups in total. The fraction of sp³-hybridized carbons (Fsp3) is 0.478. The fourth-order valence-corrected chi connectivity index (χ4v) is 3.59. The molecule has 1 aliphatic heterocycles. The van der Waals surface area contributed by atoms with Crippen molar-refractivity contribution in [2.45, 2.75) is 33.1 Å². The van der Waals surface area contributed by atoms with Crippen molar-refractivity contribution in [1.29, 1.82) is 0 Å². The quantitative estimate of drug-likeness (QED) is 0.630. The Morgan fingerprint density at radius 1 is 1.19 bits per heavy atom. The van der Waals surface area contributed by atoms with Crippen molar-refractivity contribution < 1.29 is 23.5 Å². The molecule has 0 bridgehead atoms. The molecule has 2 heterocycles. The maximum Gasteiger partial charge on any atom is 0.309 e. The number of hydrogen-bond donors (Lipinski definition) is 0. The number of carbonyl (C=O) groups is 3. The van der Waals surface area contributed by atoms with Gasteiger partial charge >= 0.3 is 5.97 Å². The van der Waals surface area contributed by atoms with Crippen molar-refractivity contribution in [3.8, 4) is 11.5 Å². The molecule has 2 amide bonds. The molecular formula is C23H29N3O5. The number of benzene rings is 1. The van der Waals surface area contributed by atoms with Gasteiger partial charge in [-0.3, -0.25) is 14.4 Å². The molecule has 1 fully saturated rings. The standard InChI is InChI=1S/C23H29N3O5/c1-4-30-23(29)18-10-12-26(13-11-18)21(28)15-25(3)20(27)14-19-16(2)31-22(24-19)17-8-6-5-7-9-17/h5-9,18H,4,10-15H2,1-3H3. The molecule has 0 spiro atoms. The average molecular weight is 428 g/mol. The summed E-state index contributed by atoms with van der Waals surface area (Å²) in [6.45, 7) is 4.90. The topological polar surface area (TPSA) is 93.0 Å². The highest BCUT2D eigenvalue weighted by Gasteiger charge is 2.29. The molecule has 8 nitrogen and oxygen atoms in total. The molecule has 1 aromatic heterocycles. The zero-order chi connectivity index (χ0) is 22.4. The lowest BCUT2D eigenvalue weighted by Crippen LogP contribution is -2.46. The third-order valence-electron chi connectivity index (χ3n) is 5.50. The minimum atomic E-state index is -0.203. The zero-order valence-electron chi connectivity index (χ0n) is 18.3. The lowest BCUT2D eigenvalue weighted by molar-refractivity contribution is -0.151. The van der Waals surface area contributed by atoms with Gasteiger partial charge in [-0.1, -0.05) is 18.2 Å². The van der Waals surface area contributed by atoms with Gasteiger partial charge in [0.05, 0.1) is 31.2 Å². The van der Waals surface area contributed by atoms with E-state index in [1.165, 1.54) is 4.90 Å². The molecule has 3 rings (SSSR count). The van der Waals surface area contributed by atoms with Crippen LogP contribution in [0.15, 0.2) is 34.7 Å². The van der Waals surface area contributed by atoms with E-state index in [0.717, 1.165) is 5.56 Å². The van der Waals surface area contributed by atoms with Crippen molar-refractivity contribution in [2.75, 3.05) is 33.3 Å². The number of hydrogen-bond acceptors (Lipinski definition) is 6. The van der Waals surface area contributed by atoms with Gasteiger partial charge in [-0.25, -0.2) is 4.98 Å². The van der Waals surface area contributed by atoms with Crippen LogP contribution in [-0.2, 0) is 25.5 Å². The highest BCUT2D eigenvalue weighted by Crippen LogP contribution is 2.22. The molecule has 0 atom stereocenters. The first-order chi connectivity index (χ1) is 14.9. The monoisotopic (exact) mass is 427 g/mol. The number of aryl methyl sites for hydroxylation is 1. The minimum absolute atomic E-state index is 0.00858. The normalized spacial score (nSPS) is 14.4. The number of rotatable bonds is 7. The first-order valence-corrected chi connectivity index (χ1v) is 10.6. The molecule has 1 saturated heterocycles. The number of aromatic nitrogens is 1. The lowest BCUT2D eigenvalue weighted by Gasteiger charge is -2.32. The van der Waals surface area contributed by atoms with E-state index >= 15 is 0 Å². The van der Waals surface area contributed by atoms with Gasteiger partial charge in [-0.05, 0) is 38.8 Å². The molecule has 0 saturated carbocycles. The number of ether oxygens (including phenoxy) is 1. The Hall–Kier alpha value is -3.16. The first-order valence-electron chi connectivity index (χ1n) is 10.6. The zero-order valence-corrected chi connectivity index (χ0v) is 18.3. The van der Waals surface area contributed by atoms with Gasteiger partial charge in [-0.2, -0.15) is 0 Å². The molecule has 1 aromatic carbocycles. The smallest absolute Gasteiger partial charge is 0.309 e. The van der Waals surface area contributed by atoms with E-state index < -0.39 is 0 Å². The van der Waals surface area contributed by atoms with Crippen LogP contribution in [-0.4, -0.2) is 65.9 Å². The van der Waals surface area contributed by atoms with Crippen molar-refractivity contribution >= 4 is 17.8 Å². The number of esters is 1. The Labute approximate surface area is 182 Å². The largest absolute Gasteiger partial charge is 0.466 e. The summed E-state index contributed by atoms with van der Waals surface area (Å²) < 4.78 is 10.8. The molecule has 2 aromatic rings. The number of oxazole rings is 1. The maximum absolute atomic E-state index is 12.7. The Bertz CT molecular complexity index is 917. The molecule has 0 aliphatic carbocycles. The van der Waals surface area contributed by atoms with Crippen molar-refractivity contribution in [1.82, 2.24) is 14.8 Å². The second-order valence-electron chi connectivity index (χ2n) is 7.72. The predicted molar refractivity (Wildman–Crippen MR) is 114 cm³/mol. The summed E-state index contributed by atoms with van der Waals surface area (Å²) in [7, 11) is 1.61. The Kier molecular flexibility index (Phi) is 7.44. The van der Waals surface area contributed by atoms with E-state index in [0.29, 0.717) is 49.9 Å². The molecule has 166 valence electrons. The first kappa shape index (κ1) is 22.5. The van der Waals surface area contributed by atoms with Gasteiger partial charge in [-0.15, -0.1) is 0 Å². The Morgan fingerprint density at radius 3 is 2.52 bits per heavy atom. The minimum Gasteiger partial charge on any atom is -0.466 e. The lowest BCUT2D eigenvalue weighted by atomic mass is 9.97. The number of carbonyl (C=O) groups excluding carboxylic acids is 3. The predicted octanol–water partition coefficient (Wildman–Crippen LogP) is 2.45. The number of piperidine rings is 1. The molecular weight excluding hydrogens is 398 g/mol. The third-order valence-corrected chi connectivity index (χ3v) is 5.50. The van der Waals surface area contributed by atoms with Crippen LogP contribution >= 0.6 is 0 Å². The summed E-state index contributed by atoms with van der Waals surface area (Å²) in [6, 6.07) is 9.50. The van der Waals surface area contributed by atoms with E-state index in [4.69, 9.17) is 9.15 Å². The van der Waals surface area contributed by atoms with Gasteiger partial charge in [0.1, 0.15) is 5.76 Å². The van der Waals surface area contributed by atoms with Gasteiger partial charge in [0, 0.05) is 25.7 Å². The molecule has 31 heavy (non-hydrogen) atoms. The van der Waals surface area contributed by atoms with Crippen LogP contribution in [0.4, 0.5) is 0 Å². The van der Waals surface area contributed by atoms with E-state index in [1.807, 2.05) is 30.3 Å². The van der Waals surface area contributed by atoms with E-state index in [2.05, 4.69) is 4.98 Å². The maximum atomic E-state index is 12.7. The molecule has 1 aliphatic rings. The third kappa shape index (κ3) is 5.71. The molecule has 0 radical (unpaired) electrons. The number of nitrogens with zero attached hydrogens (tertiary/aromatic N) is 3.